The summed E-state index contributed by atoms with van der Waals surface area (Å²) < 4.78 is 0. The number of aryl methyl sites for hydroxylation is 3. The van der Waals surface area contributed by atoms with Crippen LogP contribution in [0.4, 0.5) is 0 Å². The molecule has 0 unspecified atom stereocenters. The maximum Gasteiger partial charge on any atom is 0.0708 e. The van der Waals surface area contributed by atoms with E-state index in [0.29, 0.717) is 0 Å². The molecular formula is C19H19N. The van der Waals surface area contributed by atoms with Crippen LogP contribution >= 0.6 is 0 Å². The number of rotatable bonds is 2. The van der Waals surface area contributed by atoms with Crippen molar-refractivity contribution in [1.82, 2.24) is 4.98 Å². The molecule has 0 saturated carbocycles. The summed E-state index contributed by atoms with van der Waals surface area (Å²) in [5, 5.41) is 2.48. The molecule has 0 radical (unpaired) electrons. The largest absolute Gasteiger partial charge is 0.256 e. The van der Waals surface area contributed by atoms with Crippen LogP contribution in [-0.4, -0.2) is 4.98 Å². The summed E-state index contributed by atoms with van der Waals surface area (Å²) in [6.07, 6.45) is 3.04. The Morgan fingerprint density at radius 2 is 1.60 bits per heavy atom. The monoisotopic (exact) mass is 261 g/mol. The van der Waals surface area contributed by atoms with Crippen LogP contribution in [-0.2, 0) is 6.42 Å². The van der Waals surface area contributed by atoms with Gasteiger partial charge in [-0.3, -0.25) is 4.98 Å². The Hall–Kier alpha value is -2.15. The highest BCUT2D eigenvalue weighted by atomic mass is 14.7. The van der Waals surface area contributed by atoms with Gasteiger partial charge in [-0.15, -0.1) is 0 Å². The first-order chi connectivity index (χ1) is 9.65. The van der Waals surface area contributed by atoms with Crippen LogP contribution in [0.2, 0.25) is 0 Å². The number of aromatic nitrogens is 1. The Labute approximate surface area is 120 Å². The van der Waals surface area contributed by atoms with Gasteiger partial charge in [-0.1, -0.05) is 42.3 Å². The van der Waals surface area contributed by atoms with Gasteiger partial charge >= 0.3 is 0 Å². The number of fused-ring (bicyclic) bond motifs is 1. The van der Waals surface area contributed by atoms with Crippen LogP contribution in [0.5, 0.6) is 0 Å². The van der Waals surface area contributed by atoms with Crippen LogP contribution < -0.4 is 0 Å². The molecule has 1 aromatic heterocycles. The van der Waals surface area contributed by atoms with E-state index in [1.165, 1.54) is 33.0 Å². The average molecular weight is 261 g/mol. The summed E-state index contributed by atoms with van der Waals surface area (Å²) in [7, 11) is 0. The maximum atomic E-state index is 4.61. The summed E-state index contributed by atoms with van der Waals surface area (Å²) in [5.41, 5.74) is 6.19. The molecule has 0 atom stereocenters. The van der Waals surface area contributed by atoms with Crippen LogP contribution in [0.3, 0.4) is 0 Å². The average Bonchev–Trinajstić information content (AvgIpc) is 2.45. The summed E-state index contributed by atoms with van der Waals surface area (Å²) in [5.74, 6) is 0. The highest BCUT2D eigenvalue weighted by Crippen LogP contribution is 2.24. The normalized spacial score (nSPS) is 10.9. The van der Waals surface area contributed by atoms with Crippen LogP contribution in [0.1, 0.15) is 23.6 Å². The number of pyridine rings is 1. The van der Waals surface area contributed by atoms with Gasteiger partial charge in [0.25, 0.3) is 0 Å². The van der Waals surface area contributed by atoms with Gasteiger partial charge < -0.3 is 0 Å². The molecular weight excluding hydrogens is 242 g/mol. The van der Waals surface area contributed by atoms with Gasteiger partial charge in [-0.2, -0.15) is 0 Å². The molecule has 0 fully saturated rings. The van der Waals surface area contributed by atoms with E-state index in [4.69, 9.17) is 0 Å². The summed E-state index contributed by atoms with van der Waals surface area (Å²) >= 11 is 0. The third-order valence-corrected chi connectivity index (χ3v) is 3.71. The SMILES string of the molecule is CCc1ccc2cnc(-c3cc(C)cc(C)c3)cc2c1. The highest BCUT2D eigenvalue weighted by Gasteiger charge is 2.03. The molecule has 1 heteroatoms. The minimum atomic E-state index is 1.05. The molecule has 0 aliphatic rings. The van der Waals surface area contributed by atoms with Crippen molar-refractivity contribution >= 4 is 10.8 Å². The second-order valence-corrected chi connectivity index (χ2v) is 5.48. The zero-order valence-electron chi connectivity index (χ0n) is 12.3. The first-order valence-electron chi connectivity index (χ1n) is 7.13. The van der Waals surface area contributed by atoms with Gasteiger partial charge in [0.2, 0.25) is 0 Å². The Morgan fingerprint density at radius 1 is 0.850 bits per heavy atom. The molecule has 3 aromatic rings. The van der Waals surface area contributed by atoms with Crippen molar-refractivity contribution in [2.24, 2.45) is 0 Å². The second kappa shape index (κ2) is 5.09. The lowest BCUT2D eigenvalue weighted by Gasteiger charge is -2.07. The van der Waals surface area contributed by atoms with Crippen LogP contribution in [0.15, 0.2) is 48.7 Å². The Balaban J connectivity index is 2.16. The van der Waals surface area contributed by atoms with E-state index >= 15 is 0 Å². The van der Waals surface area contributed by atoms with Crippen molar-refractivity contribution in [2.75, 3.05) is 0 Å². The minimum Gasteiger partial charge on any atom is -0.256 e. The van der Waals surface area contributed by atoms with Crippen molar-refractivity contribution in [3.8, 4) is 11.3 Å². The van der Waals surface area contributed by atoms with E-state index in [-0.39, 0.29) is 0 Å². The fourth-order valence-corrected chi connectivity index (χ4v) is 2.69. The number of hydrogen-bond acceptors (Lipinski definition) is 1. The molecule has 0 bridgehead atoms. The van der Waals surface area contributed by atoms with Gasteiger partial charge in [-0.05, 0) is 49.4 Å². The van der Waals surface area contributed by atoms with Gasteiger partial charge in [0.1, 0.15) is 0 Å². The molecule has 0 saturated heterocycles. The van der Waals surface area contributed by atoms with Gasteiger partial charge in [-0.25, -0.2) is 0 Å². The molecule has 0 aliphatic carbocycles. The maximum absolute atomic E-state index is 4.61. The smallest absolute Gasteiger partial charge is 0.0708 e. The van der Waals surface area contributed by atoms with Crippen molar-refractivity contribution in [3.05, 3.63) is 65.4 Å². The van der Waals surface area contributed by atoms with Crippen molar-refractivity contribution in [1.29, 1.82) is 0 Å². The fourth-order valence-electron chi connectivity index (χ4n) is 2.69. The minimum absolute atomic E-state index is 1.05. The molecule has 0 N–H and O–H groups in total. The lowest BCUT2D eigenvalue weighted by atomic mass is 10.0. The van der Waals surface area contributed by atoms with Crippen molar-refractivity contribution in [2.45, 2.75) is 27.2 Å². The molecule has 0 spiro atoms. The van der Waals surface area contributed by atoms with Crippen molar-refractivity contribution < 1.29 is 0 Å². The van der Waals surface area contributed by atoms with Crippen LogP contribution in [0, 0.1) is 13.8 Å². The molecule has 1 nitrogen and oxygen atoms in total. The lowest BCUT2D eigenvalue weighted by Crippen LogP contribution is -1.88. The van der Waals surface area contributed by atoms with Gasteiger partial charge in [0.05, 0.1) is 5.69 Å². The molecule has 2 aromatic carbocycles. The lowest BCUT2D eigenvalue weighted by molar-refractivity contribution is 1.15. The van der Waals surface area contributed by atoms with E-state index in [1.54, 1.807) is 0 Å². The predicted octanol–water partition coefficient (Wildman–Crippen LogP) is 5.08. The number of nitrogens with zero attached hydrogens (tertiary/aromatic N) is 1. The zero-order valence-corrected chi connectivity index (χ0v) is 12.3. The summed E-state index contributed by atoms with van der Waals surface area (Å²) in [6, 6.07) is 15.4. The van der Waals surface area contributed by atoms with Gasteiger partial charge in [0.15, 0.2) is 0 Å². The van der Waals surface area contributed by atoms with Gasteiger partial charge in [0, 0.05) is 17.1 Å². The first-order valence-corrected chi connectivity index (χ1v) is 7.13. The molecule has 100 valence electrons. The molecule has 0 amide bonds. The number of hydrogen-bond donors (Lipinski definition) is 0. The Bertz CT molecular complexity index is 752. The predicted molar refractivity (Wildman–Crippen MR) is 86.0 cm³/mol. The topological polar surface area (TPSA) is 12.9 Å². The molecule has 20 heavy (non-hydrogen) atoms. The Kier molecular flexibility index (Phi) is 3.27. The van der Waals surface area contributed by atoms with E-state index in [0.717, 1.165) is 12.1 Å². The molecule has 1 heterocycles. The first kappa shape index (κ1) is 12.9. The summed E-state index contributed by atoms with van der Waals surface area (Å²) in [4.78, 5) is 4.61. The zero-order chi connectivity index (χ0) is 14.1. The standard InChI is InChI=1S/C19H19N/c1-4-15-5-6-16-12-20-19(11-17(16)10-15)18-8-13(2)7-14(3)9-18/h5-12H,4H2,1-3H3. The molecule has 0 aliphatic heterocycles. The van der Waals surface area contributed by atoms with E-state index in [1.807, 2.05) is 6.20 Å². The number of benzene rings is 2. The second-order valence-electron chi connectivity index (χ2n) is 5.48. The van der Waals surface area contributed by atoms with E-state index in [2.05, 4.69) is 68.2 Å². The van der Waals surface area contributed by atoms with Crippen molar-refractivity contribution in [3.63, 3.8) is 0 Å². The third-order valence-electron chi connectivity index (χ3n) is 3.71. The third kappa shape index (κ3) is 2.44. The fraction of sp³-hybridized carbons (Fsp3) is 0.211. The quantitative estimate of drug-likeness (QED) is 0.626. The van der Waals surface area contributed by atoms with E-state index < -0.39 is 0 Å². The highest BCUT2D eigenvalue weighted by molar-refractivity contribution is 5.85. The van der Waals surface area contributed by atoms with Crippen LogP contribution in [0.25, 0.3) is 22.0 Å². The molecule has 3 rings (SSSR count). The Morgan fingerprint density at radius 3 is 2.30 bits per heavy atom. The van der Waals surface area contributed by atoms with E-state index in [9.17, 15) is 0 Å². The summed E-state index contributed by atoms with van der Waals surface area (Å²) in [6.45, 7) is 6.45.